The van der Waals surface area contributed by atoms with Crippen molar-refractivity contribution in [3.8, 4) is 6.07 Å². The van der Waals surface area contributed by atoms with Crippen molar-refractivity contribution in [2.75, 3.05) is 42.4 Å². The lowest BCUT2D eigenvalue weighted by atomic mass is 10.1. The van der Waals surface area contributed by atoms with Crippen LogP contribution in [0.3, 0.4) is 0 Å². The Bertz CT molecular complexity index is 857. The molecule has 10 heteroatoms. The molecule has 3 rings (SSSR count). The number of nitrogens with zero attached hydrogens (tertiary/aromatic N) is 5. The van der Waals surface area contributed by atoms with Crippen LogP contribution in [0.25, 0.3) is 0 Å². The molecule has 0 atom stereocenters. The van der Waals surface area contributed by atoms with Gasteiger partial charge in [0.15, 0.2) is 0 Å². The summed E-state index contributed by atoms with van der Waals surface area (Å²) in [6, 6.07) is 5.75. The molecule has 1 amide bonds. The first-order valence-electron chi connectivity index (χ1n) is 9.09. The summed E-state index contributed by atoms with van der Waals surface area (Å²) >= 11 is 1.23. The molecule has 148 valence electrons. The number of morpholine rings is 1. The van der Waals surface area contributed by atoms with Crippen LogP contribution in [-0.2, 0) is 16.0 Å². The molecular weight excluding hydrogens is 380 g/mol. The van der Waals surface area contributed by atoms with Crippen LogP contribution in [0.1, 0.15) is 25.1 Å². The zero-order chi connectivity index (χ0) is 19.9. The first-order valence-corrected chi connectivity index (χ1v) is 10.1. The quantitative estimate of drug-likeness (QED) is 0.541. The number of carbonyl (C=O) groups is 1. The Morgan fingerprint density at radius 2 is 2.21 bits per heavy atom. The number of ether oxygens (including phenoxy) is 1. The second-order valence-corrected chi connectivity index (χ2v) is 7.72. The number of amides is 1. The number of pyridine rings is 1. The number of rotatable bonds is 7. The molecule has 0 unspecified atom stereocenters. The van der Waals surface area contributed by atoms with Crippen LogP contribution < -0.4 is 15.1 Å². The van der Waals surface area contributed by atoms with Crippen LogP contribution in [-0.4, -0.2) is 48.2 Å². The number of thioether (sulfide) groups is 1. The van der Waals surface area contributed by atoms with Gasteiger partial charge in [-0.15, -0.1) is 5.01 Å². The summed E-state index contributed by atoms with van der Waals surface area (Å²) in [4.78, 5) is 18.4. The summed E-state index contributed by atoms with van der Waals surface area (Å²) in [7, 11) is 0. The molecule has 2 aromatic rings. The van der Waals surface area contributed by atoms with Crippen molar-refractivity contribution in [2.45, 2.75) is 25.3 Å². The van der Waals surface area contributed by atoms with E-state index in [1.54, 1.807) is 17.1 Å². The lowest BCUT2D eigenvalue weighted by Gasteiger charge is -2.18. The maximum Gasteiger partial charge on any atom is 0.305 e. The topological polar surface area (TPSA) is 108 Å². The number of aromatic nitrogens is 3. The minimum Gasteiger partial charge on any atom is -0.377 e. The third-order valence-electron chi connectivity index (χ3n) is 3.99. The molecule has 0 radical (unpaired) electrons. The highest BCUT2D eigenvalue weighted by atomic mass is 32.2. The molecule has 9 nitrogen and oxygen atoms in total. The third-order valence-corrected chi connectivity index (χ3v) is 4.98. The Morgan fingerprint density at radius 1 is 1.43 bits per heavy atom. The average molecular weight is 403 g/mol. The van der Waals surface area contributed by atoms with Crippen molar-refractivity contribution >= 4 is 23.6 Å². The van der Waals surface area contributed by atoms with Gasteiger partial charge in [-0.2, -0.15) is 5.26 Å². The number of hydrogen-bond acceptors (Lipinski definition) is 8. The monoisotopic (exact) mass is 403 g/mol. The number of nitriles is 1. The number of nitrogens with one attached hydrogen (secondary N) is 1. The normalized spacial score (nSPS) is 14.1. The van der Waals surface area contributed by atoms with Gasteiger partial charge in [0.25, 0.3) is 6.20 Å². The van der Waals surface area contributed by atoms with E-state index in [0.29, 0.717) is 42.8 Å². The Hall–Kier alpha value is -2.64. The van der Waals surface area contributed by atoms with Crippen molar-refractivity contribution in [2.24, 2.45) is 5.92 Å². The van der Waals surface area contributed by atoms with Gasteiger partial charge in [0.2, 0.25) is 11.2 Å². The van der Waals surface area contributed by atoms with E-state index in [2.05, 4.69) is 35.5 Å². The van der Waals surface area contributed by atoms with Crippen molar-refractivity contribution in [3.63, 3.8) is 0 Å². The SMILES string of the molecule is CC(C)Cc1ccc(C#N)c(SCC(=O)Nc2c[n+](N3CCOCC3)no2)n1. The first kappa shape index (κ1) is 20.1. The van der Waals surface area contributed by atoms with Crippen LogP contribution in [0, 0.1) is 17.2 Å². The van der Waals surface area contributed by atoms with Gasteiger partial charge in [-0.25, -0.2) is 4.98 Å². The zero-order valence-electron chi connectivity index (χ0n) is 15.9. The predicted molar refractivity (Wildman–Crippen MR) is 102 cm³/mol. The summed E-state index contributed by atoms with van der Waals surface area (Å²) in [5.74, 6) is 0.589. The second kappa shape index (κ2) is 9.52. The Kier molecular flexibility index (Phi) is 6.84. The Balaban J connectivity index is 1.57. The smallest absolute Gasteiger partial charge is 0.305 e. The summed E-state index contributed by atoms with van der Waals surface area (Å²) < 4.78 is 10.5. The van der Waals surface area contributed by atoms with Crippen molar-refractivity contribution < 1.29 is 18.8 Å². The highest BCUT2D eigenvalue weighted by Gasteiger charge is 2.23. The first-order chi connectivity index (χ1) is 13.5. The fourth-order valence-electron chi connectivity index (χ4n) is 2.70. The van der Waals surface area contributed by atoms with E-state index in [9.17, 15) is 10.1 Å². The van der Waals surface area contributed by atoms with Crippen LogP contribution in [0.5, 0.6) is 0 Å². The molecule has 0 saturated carbocycles. The van der Waals surface area contributed by atoms with Crippen molar-refractivity contribution in [1.29, 1.82) is 5.26 Å². The van der Waals surface area contributed by atoms with E-state index < -0.39 is 0 Å². The molecular formula is C18H23N6O3S+. The van der Waals surface area contributed by atoms with Crippen molar-refractivity contribution in [1.82, 2.24) is 10.3 Å². The molecule has 1 N–H and O–H groups in total. The number of hydrogen-bond donors (Lipinski definition) is 1. The Labute approximate surface area is 167 Å². The van der Waals surface area contributed by atoms with Gasteiger partial charge in [0.1, 0.15) is 11.1 Å². The fourth-order valence-corrected chi connectivity index (χ4v) is 3.49. The maximum absolute atomic E-state index is 12.3. The zero-order valence-corrected chi connectivity index (χ0v) is 16.7. The van der Waals surface area contributed by atoms with Crippen LogP contribution in [0.4, 0.5) is 5.88 Å². The van der Waals surface area contributed by atoms with E-state index in [4.69, 9.17) is 9.26 Å². The highest BCUT2D eigenvalue weighted by Crippen LogP contribution is 2.22. The summed E-state index contributed by atoms with van der Waals surface area (Å²) in [5, 5.41) is 18.4. The van der Waals surface area contributed by atoms with Gasteiger partial charge in [0.05, 0.1) is 42.4 Å². The summed E-state index contributed by atoms with van der Waals surface area (Å²) in [5.41, 5.74) is 1.38. The van der Waals surface area contributed by atoms with Gasteiger partial charge in [-0.1, -0.05) is 25.6 Å². The molecule has 0 spiro atoms. The minimum absolute atomic E-state index is 0.116. The van der Waals surface area contributed by atoms with E-state index >= 15 is 0 Å². The van der Waals surface area contributed by atoms with Gasteiger partial charge < -0.3 is 4.74 Å². The van der Waals surface area contributed by atoms with Gasteiger partial charge in [-0.05, 0) is 24.5 Å². The molecule has 1 aliphatic heterocycles. The van der Waals surface area contributed by atoms with E-state index in [1.807, 2.05) is 11.1 Å². The molecule has 3 heterocycles. The molecule has 0 aliphatic carbocycles. The Morgan fingerprint density at radius 3 is 2.93 bits per heavy atom. The molecule has 0 aromatic carbocycles. The standard InChI is InChI=1S/C18H22N6O3S/c1-13(2)9-15-4-3-14(10-19)18(20-15)28-12-16(25)21-17-11-24(22-27-17)23-5-7-26-8-6-23/h3-4,11,13H,5-9,12H2,1-2H3/p+1. The number of anilines is 1. The highest BCUT2D eigenvalue weighted by molar-refractivity contribution is 8.00. The second-order valence-electron chi connectivity index (χ2n) is 6.75. The molecule has 1 saturated heterocycles. The lowest BCUT2D eigenvalue weighted by molar-refractivity contribution is -0.759. The maximum atomic E-state index is 12.3. The van der Waals surface area contributed by atoms with Crippen molar-refractivity contribution in [3.05, 3.63) is 29.6 Å². The van der Waals surface area contributed by atoms with Gasteiger partial charge >= 0.3 is 5.88 Å². The van der Waals surface area contributed by atoms with Crippen LogP contribution in [0.2, 0.25) is 0 Å². The van der Waals surface area contributed by atoms with Gasteiger partial charge in [0, 0.05) is 5.69 Å². The summed E-state index contributed by atoms with van der Waals surface area (Å²) in [6.45, 7) is 6.89. The van der Waals surface area contributed by atoms with E-state index in [-0.39, 0.29) is 17.5 Å². The molecule has 1 fully saturated rings. The molecule has 0 bridgehead atoms. The van der Waals surface area contributed by atoms with Crippen LogP contribution >= 0.6 is 11.8 Å². The molecule has 2 aromatic heterocycles. The largest absolute Gasteiger partial charge is 0.377 e. The number of carbonyl (C=O) groups excluding carboxylic acids is 1. The predicted octanol–water partition coefficient (Wildman–Crippen LogP) is 1.13. The minimum atomic E-state index is -0.254. The third kappa shape index (κ3) is 5.43. The van der Waals surface area contributed by atoms with E-state index in [1.165, 1.54) is 11.8 Å². The van der Waals surface area contributed by atoms with Crippen LogP contribution in [0.15, 0.2) is 27.9 Å². The summed E-state index contributed by atoms with van der Waals surface area (Å²) in [6.07, 6.45) is 2.45. The lowest BCUT2D eigenvalue weighted by Crippen LogP contribution is -2.62. The fraction of sp³-hybridized carbons (Fsp3) is 0.500. The molecule has 28 heavy (non-hydrogen) atoms. The van der Waals surface area contributed by atoms with Gasteiger partial charge in [-0.3, -0.25) is 14.6 Å². The average Bonchev–Trinajstić information content (AvgIpc) is 3.15. The van der Waals surface area contributed by atoms with E-state index in [0.717, 1.165) is 12.1 Å². The molecule has 1 aliphatic rings.